The number of carbonyl (C=O) groups is 1. The lowest BCUT2D eigenvalue weighted by Crippen LogP contribution is -2.26. The Balaban J connectivity index is 2.18. The first-order valence-electron chi connectivity index (χ1n) is 5.67. The standard InChI is InChI=1S/C14H14N2O2/c1-12(17)18-16(14-9-5-6-10-15-14)11-13-7-3-2-4-8-13/h2-10H,11H2,1H3. The van der Waals surface area contributed by atoms with E-state index in [0.29, 0.717) is 12.4 Å². The molecule has 0 amide bonds. The van der Waals surface area contributed by atoms with Gasteiger partial charge in [-0.2, -0.15) is 5.06 Å². The van der Waals surface area contributed by atoms with Crippen LogP contribution < -0.4 is 5.06 Å². The van der Waals surface area contributed by atoms with Gasteiger partial charge in [-0.1, -0.05) is 36.4 Å². The SMILES string of the molecule is CC(=O)ON(Cc1ccccc1)c1ccccn1. The summed E-state index contributed by atoms with van der Waals surface area (Å²) in [6.07, 6.45) is 1.66. The molecule has 4 nitrogen and oxygen atoms in total. The van der Waals surface area contributed by atoms with E-state index in [0.717, 1.165) is 5.56 Å². The summed E-state index contributed by atoms with van der Waals surface area (Å²) in [6, 6.07) is 15.2. The fourth-order valence-corrected chi connectivity index (χ4v) is 1.57. The molecule has 0 aliphatic heterocycles. The van der Waals surface area contributed by atoms with Crippen LogP contribution in [0.15, 0.2) is 54.7 Å². The molecule has 0 saturated carbocycles. The van der Waals surface area contributed by atoms with Gasteiger partial charge in [-0.05, 0) is 17.7 Å². The molecule has 0 aliphatic carbocycles. The van der Waals surface area contributed by atoms with Crippen LogP contribution in [-0.2, 0) is 16.2 Å². The molecule has 0 bridgehead atoms. The quantitative estimate of drug-likeness (QED) is 0.773. The summed E-state index contributed by atoms with van der Waals surface area (Å²) in [5, 5.41) is 1.48. The number of pyridine rings is 1. The fraction of sp³-hybridized carbons (Fsp3) is 0.143. The topological polar surface area (TPSA) is 42.4 Å². The predicted molar refractivity (Wildman–Crippen MR) is 68.6 cm³/mol. The maximum absolute atomic E-state index is 11.1. The van der Waals surface area contributed by atoms with Crippen molar-refractivity contribution in [3.8, 4) is 0 Å². The summed E-state index contributed by atoms with van der Waals surface area (Å²) in [7, 11) is 0. The Morgan fingerprint density at radius 1 is 1.17 bits per heavy atom. The van der Waals surface area contributed by atoms with Crippen molar-refractivity contribution in [2.24, 2.45) is 0 Å². The van der Waals surface area contributed by atoms with E-state index in [1.807, 2.05) is 42.5 Å². The Hall–Kier alpha value is -2.36. The van der Waals surface area contributed by atoms with Gasteiger partial charge in [0.25, 0.3) is 0 Å². The van der Waals surface area contributed by atoms with Gasteiger partial charge in [0.15, 0.2) is 5.82 Å². The molecule has 0 fully saturated rings. The average molecular weight is 242 g/mol. The third kappa shape index (κ3) is 3.31. The summed E-state index contributed by atoms with van der Waals surface area (Å²) in [4.78, 5) is 20.5. The van der Waals surface area contributed by atoms with Crippen LogP contribution in [0.25, 0.3) is 0 Å². The first kappa shape index (κ1) is 12.1. The van der Waals surface area contributed by atoms with E-state index >= 15 is 0 Å². The second-order valence-electron chi connectivity index (χ2n) is 3.79. The van der Waals surface area contributed by atoms with Crippen molar-refractivity contribution in [1.82, 2.24) is 4.98 Å². The van der Waals surface area contributed by atoms with E-state index in [2.05, 4.69) is 4.98 Å². The molecule has 1 aromatic heterocycles. The van der Waals surface area contributed by atoms with Crippen molar-refractivity contribution in [1.29, 1.82) is 0 Å². The highest BCUT2D eigenvalue weighted by atomic mass is 16.7. The highest BCUT2D eigenvalue weighted by Gasteiger charge is 2.11. The molecule has 92 valence electrons. The molecule has 0 atom stereocenters. The van der Waals surface area contributed by atoms with E-state index in [9.17, 15) is 4.79 Å². The second-order valence-corrected chi connectivity index (χ2v) is 3.79. The van der Waals surface area contributed by atoms with Gasteiger partial charge in [-0.3, -0.25) is 4.79 Å². The fourth-order valence-electron chi connectivity index (χ4n) is 1.57. The summed E-state index contributed by atoms with van der Waals surface area (Å²) < 4.78 is 0. The molecule has 0 saturated heterocycles. The third-order valence-corrected chi connectivity index (χ3v) is 2.31. The third-order valence-electron chi connectivity index (χ3n) is 2.31. The number of nitrogens with zero attached hydrogens (tertiary/aromatic N) is 2. The Morgan fingerprint density at radius 2 is 1.89 bits per heavy atom. The minimum absolute atomic E-state index is 0.364. The number of hydrogen-bond acceptors (Lipinski definition) is 4. The van der Waals surface area contributed by atoms with E-state index in [1.54, 1.807) is 12.3 Å². The monoisotopic (exact) mass is 242 g/mol. The molecular formula is C14H14N2O2. The van der Waals surface area contributed by atoms with Gasteiger partial charge < -0.3 is 4.84 Å². The van der Waals surface area contributed by atoms with Crippen LogP contribution >= 0.6 is 0 Å². The number of hydrogen-bond donors (Lipinski definition) is 0. The number of benzene rings is 1. The molecule has 4 heteroatoms. The van der Waals surface area contributed by atoms with Crippen LogP contribution in [0.4, 0.5) is 5.82 Å². The van der Waals surface area contributed by atoms with Crippen molar-refractivity contribution in [2.45, 2.75) is 13.5 Å². The van der Waals surface area contributed by atoms with Crippen LogP contribution in [0.2, 0.25) is 0 Å². The van der Waals surface area contributed by atoms with Crippen LogP contribution in [-0.4, -0.2) is 11.0 Å². The molecule has 0 N–H and O–H groups in total. The van der Waals surface area contributed by atoms with Gasteiger partial charge in [0.2, 0.25) is 0 Å². The van der Waals surface area contributed by atoms with Crippen LogP contribution in [0, 0.1) is 0 Å². The second kappa shape index (κ2) is 5.82. The molecular weight excluding hydrogens is 228 g/mol. The van der Waals surface area contributed by atoms with E-state index in [-0.39, 0.29) is 5.97 Å². The number of anilines is 1. The zero-order valence-corrected chi connectivity index (χ0v) is 10.1. The lowest BCUT2D eigenvalue weighted by Gasteiger charge is -2.21. The van der Waals surface area contributed by atoms with Gasteiger partial charge in [-0.15, -0.1) is 0 Å². The maximum atomic E-state index is 11.1. The Labute approximate surface area is 106 Å². The zero-order chi connectivity index (χ0) is 12.8. The van der Waals surface area contributed by atoms with E-state index < -0.39 is 0 Å². The van der Waals surface area contributed by atoms with Crippen LogP contribution in [0.5, 0.6) is 0 Å². The van der Waals surface area contributed by atoms with Gasteiger partial charge >= 0.3 is 5.97 Å². The van der Waals surface area contributed by atoms with Crippen LogP contribution in [0.1, 0.15) is 12.5 Å². The molecule has 0 unspecified atom stereocenters. The van der Waals surface area contributed by atoms with E-state index in [4.69, 9.17) is 4.84 Å². The van der Waals surface area contributed by atoms with Crippen molar-refractivity contribution < 1.29 is 9.63 Å². The number of rotatable bonds is 4. The van der Waals surface area contributed by atoms with Gasteiger partial charge in [0.1, 0.15) is 0 Å². The highest BCUT2D eigenvalue weighted by molar-refractivity contribution is 5.67. The Bertz CT molecular complexity index is 500. The number of hydroxylamine groups is 1. The normalized spacial score (nSPS) is 9.83. The van der Waals surface area contributed by atoms with Gasteiger partial charge in [-0.25, -0.2) is 4.98 Å². The summed E-state index contributed by atoms with van der Waals surface area (Å²) in [5.41, 5.74) is 1.05. The molecule has 1 aromatic carbocycles. The molecule has 18 heavy (non-hydrogen) atoms. The molecule has 0 radical (unpaired) electrons. The Kier molecular flexibility index (Phi) is 3.91. The highest BCUT2D eigenvalue weighted by Crippen LogP contribution is 2.14. The zero-order valence-electron chi connectivity index (χ0n) is 10.1. The van der Waals surface area contributed by atoms with Crippen LogP contribution in [0.3, 0.4) is 0 Å². The van der Waals surface area contributed by atoms with Crippen molar-refractivity contribution in [2.75, 3.05) is 5.06 Å². The first-order valence-corrected chi connectivity index (χ1v) is 5.67. The molecule has 0 spiro atoms. The summed E-state index contributed by atoms with van der Waals surface area (Å²) in [5.74, 6) is 0.244. The molecule has 2 aromatic rings. The maximum Gasteiger partial charge on any atom is 0.329 e. The van der Waals surface area contributed by atoms with Gasteiger partial charge in [0.05, 0.1) is 6.54 Å². The molecule has 2 rings (SSSR count). The van der Waals surface area contributed by atoms with E-state index in [1.165, 1.54) is 12.0 Å². The van der Waals surface area contributed by atoms with Crippen molar-refractivity contribution in [3.63, 3.8) is 0 Å². The van der Waals surface area contributed by atoms with Crippen molar-refractivity contribution in [3.05, 3.63) is 60.3 Å². The predicted octanol–water partition coefficient (Wildman–Crippen LogP) is 2.57. The summed E-state index contributed by atoms with van der Waals surface area (Å²) >= 11 is 0. The largest absolute Gasteiger partial charge is 0.339 e. The number of carbonyl (C=O) groups excluding carboxylic acids is 1. The smallest absolute Gasteiger partial charge is 0.329 e. The minimum Gasteiger partial charge on any atom is -0.339 e. The average Bonchev–Trinajstić information content (AvgIpc) is 2.40. The van der Waals surface area contributed by atoms with Crippen molar-refractivity contribution >= 4 is 11.8 Å². The molecule has 1 heterocycles. The summed E-state index contributed by atoms with van der Waals surface area (Å²) in [6.45, 7) is 1.85. The number of aromatic nitrogens is 1. The first-order chi connectivity index (χ1) is 8.75. The lowest BCUT2D eigenvalue weighted by molar-refractivity contribution is -0.142. The molecule has 0 aliphatic rings. The lowest BCUT2D eigenvalue weighted by atomic mass is 10.2. The van der Waals surface area contributed by atoms with Gasteiger partial charge in [0, 0.05) is 13.1 Å². The Morgan fingerprint density at radius 3 is 2.50 bits per heavy atom. The minimum atomic E-state index is -0.364.